The molecule has 0 saturated heterocycles. The Morgan fingerprint density at radius 2 is 1.75 bits per heavy atom. The van der Waals surface area contributed by atoms with E-state index in [-0.39, 0.29) is 30.2 Å². The number of nitrogens with one attached hydrogen (secondary N) is 1. The highest BCUT2D eigenvalue weighted by atomic mass is 19.4. The number of ether oxygens (including phenoxy) is 1. The van der Waals surface area contributed by atoms with Crippen LogP contribution in [0.5, 0.6) is 5.75 Å². The molecule has 0 atom stereocenters. The molecule has 2 rings (SSSR count). The lowest BCUT2D eigenvalue weighted by atomic mass is 10.1. The average molecular weight is 337 g/mol. The van der Waals surface area contributed by atoms with E-state index >= 15 is 0 Å². The van der Waals surface area contributed by atoms with Gasteiger partial charge in [0.05, 0.1) is 0 Å². The molecule has 0 aliphatic rings. The van der Waals surface area contributed by atoms with Crippen molar-refractivity contribution in [2.75, 3.05) is 0 Å². The second-order valence-electron chi connectivity index (χ2n) is 5.42. The molecule has 2 aromatic carbocycles. The van der Waals surface area contributed by atoms with E-state index in [1.54, 1.807) is 6.07 Å². The minimum Gasteiger partial charge on any atom is -0.405 e. The van der Waals surface area contributed by atoms with Gasteiger partial charge in [0.2, 0.25) is 5.91 Å². The minimum atomic E-state index is -4.76. The molecule has 0 radical (unpaired) electrons. The van der Waals surface area contributed by atoms with E-state index in [0.717, 1.165) is 11.1 Å². The fraction of sp³-hybridized carbons (Fsp3) is 0.278. The van der Waals surface area contributed by atoms with Crippen molar-refractivity contribution in [3.63, 3.8) is 0 Å². The Morgan fingerprint density at radius 1 is 1.08 bits per heavy atom. The first kappa shape index (κ1) is 17.8. The van der Waals surface area contributed by atoms with Crippen LogP contribution in [0.1, 0.15) is 23.1 Å². The van der Waals surface area contributed by atoms with Crippen LogP contribution in [0.25, 0.3) is 0 Å². The zero-order chi connectivity index (χ0) is 17.6. The number of hydrogen-bond donors (Lipinski definition) is 1. The quantitative estimate of drug-likeness (QED) is 0.860. The highest BCUT2D eigenvalue weighted by Crippen LogP contribution is 2.26. The van der Waals surface area contributed by atoms with Gasteiger partial charge in [-0.2, -0.15) is 0 Å². The Kier molecular flexibility index (Phi) is 5.84. The average Bonchev–Trinajstić information content (AvgIpc) is 2.52. The van der Waals surface area contributed by atoms with Crippen LogP contribution in [-0.4, -0.2) is 12.3 Å². The van der Waals surface area contributed by atoms with Gasteiger partial charge in [-0.15, -0.1) is 13.2 Å². The maximum absolute atomic E-state index is 12.3. The predicted molar refractivity (Wildman–Crippen MR) is 84.5 cm³/mol. The van der Waals surface area contributed by atoms with E-state index in [2.05, 4.69) is 10.1 Å². The Hall–Kier alpha value is -2.50. The molecule has 0 heterocycles. The molecule has 24 heavy (non-hydrogen) atoms. The summed E-state index contributed by atoms with van der Waals surface area (Å²) in [5.41, 5.74) is 2.46. The molecule has 128 valence electrons. The fourth-order valence-corrected chi connectivity index (χ4v) is 2.17. The summed E-state index contributed by atoms with van der Waals surface area (Å²) in [6.45, 7) is 1.97. The van der Waals surface area contributed by atoms with Gasteiger partial charge >= 0.3 is 6.36 Å². The van der Waals surface area contributed by atoms with E-state index < -0.39 is 6.36 Å². The van der Waals surface area contributed by atoms with Gasteiger partial charge in [0.25, 0.3) is 0 Å². The number of rotatable bonds is 6. The highest BCUT2D eigenvalue weighted by molar-refractivity contribution is 5.76. The molecule has 0 bridgehead atoms. The van der Waals surface area contributed by atoms with Crippen LogP contribution in [-0.2, 0) is 17.8 Å². The second kappa shape index (κ2) is 7.86. The van der Waals surface area contributed by atoms with Gasteiger partial charge in [0.1, 0.15) is 5.75 Å². The Morgan fingerprint density at radius 3 is 2.42 bits per heavy atom. The van der Waals surface area contributed by atoms with Gasteiger partial charge in [-0.05, 0) is 25.0 Å². The lowest BCUT2D eigenvalue weighted by Crippen LogP contribution is -2.24. The van der Waals surface area contributed by atoms with E-state index in [4.69, 9.17) is 0 Å². The summed E-state index contributed by atoms with van der Waals surface area (Å²) in [7, 11) is 0. The maximum Gasteiger partial charge on any atom is 0.573 e. The standard InChI is InChI=1S/C18H18F3NO2/c1-13-6-8-14(9-7-13)10-11-17(23)22-12-15-4-2-3-5-16(15)24-18(19,20)21/h2-9H,10-12H2,1H3,(H,22,23). The van der Waals surface area contributed by atoms with E-state index in [1.165, 1.54) is 18.2 Å². The number of carbonyl (C=O) groups excluding carboxylic acids is 1. The van der Waals surface area contributed by atoms with Gasteiger partial charge in [0.15, 0.2) is 0 Å². The summed E-state index contributed by atoms with van der Waals surface area (Å²) < 4.78 is 41.0. The van der Waals surface area contributed by atoms with Gasteiger partial charge in [-0.1, -0.05) is 48.0 Å². The Bertz CT molecular complexity index is 681. The predicted octanol–water partition coefficient (Wildman–Crippen LogP) is 4.14. The zero-order valence-corrected chi connectivity index (χ0v) is 13.2. The zero-order valence-electron chi connectivity index (χ0n) is 13.2. The second-order valence-corrected chi connectivity index (χ2v) is 5.42. The molecular weight excluding hydrogens is 319 g/mol. The Balaban J connectivity index is 1.86. The van der Waals surface area contributed by atoms with Crippen LogP contribution in [0, 0.1) is 6.92 Å². The normalized spacial score (nSPS) is 11.2. The first-order valence-electron chi connectivity index (χ1n) is 7.49. The van der Waals surface area contributed by atoms with E-state index in [0.29, 0.717) is 6.42 Å². The van der Waals surface area contributed by atoms with Crippen LogP contribution in [0.2, 0.25) is 0 Å². The number of amides is 1. The largest absolute Gasteiger partial charge is 0.573 e. The number of carbonyl (C=O) groups is 1. The lowest BCUT2D eigenvalue weighted by Gasteiger charge is -2.13. The smallest absolute Gasteiger partial charge is 0.405 e. The van der Waals surface area contributed by atoms with Gasteiger partial charge in [0, 0.05) is 18.5 Å². The molecule has 0 fully saturated rings. The molecule has 1 N–H and O–H groups in total. The van der Waals surface area contributed by atoms with E-state index in [1.807, 2.05) is 31.2 Å². The van der Waals surface area contributed by atoms with Crippen molar-refractivity contribution in [1.82, 2.24) is 5.32 Å². The monoisotopic (exact) mass is 337 g/mol. The van der Waals surface area contributed by atoms with Crippen LogP contribution >= 0.6 is 0 Å². The summed E-state index contributed by atoms with van der Waals surface area (Å²) in [6, 6.07) is 13.6. The fourth-order valence-electron chi connectivity index (χ4n) is 2.17. The van der Waals surface area contributed by atoms with Crippen molar-refractivity contribution in [2.24, 2.45) is 0 Å². The van der Waals surface area contributed by atoms with Crippen LogP contribution < -0.4 is 10.1 Å². The maximum atomic E-state index is 12.3. The van der Waals surface area contributed by atoms with Crippen molar-refractivity contribution in [2.45, 2.75) is 32.7 Å². The molecular formula is C18H18F3NO2. The molecule has 3 nitrogen and oxygen atoms in total. The molecule has 2 aromatic rings. The molecule has 0 spiro atoms. The summed E-state index contributed by atoms with van der Waals surface area (Å²) in [6.07, 6.45) is -3.91. The molecule has 1 amide bonds. The first-order chi connectivity index (χ1) is 11.3. The summed E-state index contributed by atoms with van der Waals surface area (Å²) in [4.78, 5) is 11.9. The molecule has 0 aromatic heterocycles. The number of alkyl halides is 3. The molecule has 6 heteroatoms. The van der Waals surface area contributed by atoms with Crippen molar-refractivity contribution in [1.29, 1.82) is 0 Å². The van der Waals surface area contributed by atoms with Crippen molar-refractivity contribution in [3.8, 4) is 5.75 Å². The number of para-hydroxylation sites is 1. The van der Waals surface area contributed by atoms with Crippen LogP contribution in [0.15, 0.2) is 48.5 Å². The third-order valence-corrected chi connectivity index (χ3v) is 3.44. The third-order valence-electron chi connectivity index (χ3n) is 3.44. The number of aryl methyl sites for hydroxylation is 2. The third kappa shape index (κ3) is 5.95. The molecule has 0 unspecified atom stereocenters. The van der Waals surface area contributed by atoms with Gasteiger partial charge in [-0.25, -0.2) is 0 Å². The first-order valence-corrected chi connectivity index (χ1v) is 7.49. The van der Waals surface area contributed by atoms with Crippen molar-refractivity contribution in [3.05, 3.63) is 65.2 Å². The van der Waals surface area contributed by atoms with Crippen LogP contribution in [0.4, 0.5) is 13.2 Å². The van der Waals surface area contributed by atoms with Crippen LogP contribution in [0.3, 0.4) is 0 Å². The highest BCUT2D eigenvalue weighted by Gasteiger charge is 2.31. The van der Waals surface area contributed by atoms with Gasteiger partial charge < -0.3 is 10.1 Å². The number of benzene rings is 2. The Labute approximate surface area is 138 Å². The lowest BCUT2D eigenvalue weighted by molar-refractivity contribution is -0.274. The van der Waals surface area contributed by atoms with Crippen molar-refractivity contribution >= 4 is 5.91 Å². The summed E-state index contributed by atoms with van der Waals surface area (Å²) in [5, 5.41) is 2.62. The van der Waals surface area contributed by atoms with Gasteiger partial charge in [-0.3, -0.25) is 4.79 Å². The number of hydrogen-bond acceptors (Lipinski definition) is 2. The molecule has 0 aliphatic carbocycles. The van der Waals surface area contributed by atoms with E-state index in [9.17, 15) is 18.0 Å². The summed E-state index contributed by atoms with van der Waals surface area (Å²) in [5.74, 6) is -0.527. The topological polar surface area (TPSA) is 38.3 Å². The SMILES string of the molecule is Cc1ccc(CCC(=O)NCc2ccccc2OC(F)(F)F)cc1. The molecule has 0 aliphatic heterocycles. The number of halogens is 3. The van der Waals surface area contributed by atoms with Crippen molar-refractivity contribution < 1.29 is 22.7 Å². The molecule has 0 saturated carbocycles. The minimum absolute atomic E-state index is 0.0149. The summed E-state index contributed by atoms with van der Waals surface area (Å²) >= 11 is 0.